The number of unbranched alkanes of at least 4 members (excludes halogenated alkanes) is 1. The van der Waals surface area contributed by atoms with Crippen LogP contribution in [-0.4, -0.2) is 59.7 Å². The van der Waals surface area contributed by atoms with E-state index in [1.54, 1.807) is 18.2 Å². The van der Waals surface area contributed by atoms with Gasteiger partial charge < -0.3 is 10.2 Å². The minimum Gasteiger partial charge on any atom is -0.336 e. The van der Waals surface area contributed by atoms with Crippen LogP contribution in [0.25, 0.3) is 0 Å². The molecule has 0 aliphatic carbocycles. The van der Waals surface area contributed by atoms with Gasteiger partial charge in [0.25, 0.3) is 17.7 Å². The highest BCUT2D eigenvalue weighted by atomic mass is 16.2. The summed E-state index contributed by atoms with van der Waals surface area (Å²) >= 11 is 0. The van der Waals surface area contributed by atoms with Crippen LogP contribution >= 0.6 is 0 Å². The van der Waals surface area contributed by atoms with Gasteiger partial charge in [-0.3, -0.25) is 19.3 Å². The number of benzene rings is 1. The molecule has 0 radical (unpaired) electrons. The summed E-state index contributed by atoms with van der Waals surface area (Å²) in [7, 11) is 0. The van der Waals surface area contributed by atoms with Crippen molar-refractivity contribution < 1.29 is 14.4 Å². The number of carbonyl (C=O) groups excluding carboxylic acids is 3. The first-order valence-corrected chi connectivity index (χ1v) is 10.1. The van der Waals surface area contributed by atoms with Crippen LogP contribution in [0.15, 0.2) is 18.2 Å². The summed E-state index contributed by atoms with van der Waals surface area (Å²) in [5.74, 6) is -0.563. The zero-order valence-corrected chi connectivity index (χ0v) is 16.3. The van der Waals surface area contributed by atoms with Crippen LogP contribution in [0.4, 0.5) is 0 Å². The van der Waals surface area contributed by atoms with Crippen LogP contribution in [0.2, 0.25) is 0 Å². The van der Waals surface area contributed by atoms with Crippen LogP contribution in [0.3, 0.4) is 0 Å². The molecule has 1 fully saturated rings. The summed E-state index contributed by atoms with van der Waals surface area (Å²) in [5, 5.41) is 3.33. The molecule has 3 rings (SSSR count). The minimum atomic E-state index is -0.276. The molecule has 1 aromatic carbocycles. The molecule has 1 saturated heterocycles. The van der Waals surface area contributed by atoms with Crippen LogP contribution in [-0.2, 0) is 0 Å². The summed E-state index contributed by atoms with van der Waals surface area (Å²) in [6.07, 6.45) is 4.48. The summed E-state index contributed by atoms with van der Waals surface area (Å²) in [4.78, 5) is 41.6. The lowest BCUT2D eigenvalue weighted by Gasteiger charge is -2.34. The molecular formula is C21H29N3O3. The quantitative estimate of drug-likeness (QED) is 0.748. The Labute approximate surface area is 160 Å². The van der Waals surface area contributed by atoms with E-state index in [4.69, 9.17) is 0 Å². The third-order valence-corrected chi connectivity index (χ3v) is 5.43. The maximum atomic E-state index is 13.2. The number of piperidine rings is 1. The average Bonchev–Trinajstić information content (AvgIpc) is 2.94. The number of imide groups is 1. The van der Waals surface area contributed by atoms with Gasteiger partial charge in [-0.1, -0.05) is 20.3 Å². The van der Waals surface area contributed by atoms with Gasteiger partial charge in [0.05, 0.1) is 11.1 Å². The Morgan fingerprint density at radius 2 is 1.81 bits per heavy atom. The topological polar surface area (TPSA) is 69.7 Å². The number of nitrogens with one attached hydrogen (secondary N) is 1. The highest BCUT2D eigenvalue weighted by molar-refractivity contribution is 6.22. The molecule has 0 atom stereocenters. The molecule has 0 aromatic heterocycles. The van der Waals surface area contributed by atoms with Crippen LogP contribution in [0.1, 0.15) is 77.0 Å². The third-order valence-electron chi connectivity index (χ3n) is 5.43. The first-order valence-electron chi connectivity index (χ1n) is 10.1. The van der Waals surface area contributed by atoms with Crippen molar-refractivity contribution in [3.8, 4) is 0 Å². The van der Waals surface area contributed by atoms with E-state index in [2.05, 4.69) is 12.2 Å². The van der Waals surface area contributed by atoms with Crippen molar-refractivity contribution in [3.63, 3.8) is 0 Å². The zero-order chi connectivity index (χ0) is 19.4. The first kappa shape index (κ1) is 19.5. The van der Waals surface area contributed by atoms with Crippen LogP contribution in [0, 0.1) is 0 Å². The van der Waals surface area contributed by atoms with E-state index in [0.717, 1.165) is 45.2 Å². The lowest BCUT2D eigenvalue weighted by Crippen LogP contribution is -2.46. The fraction of sp³-hybridized carbons (Fsp3) is 0.571. The standard InChI is InChI=1S/C21H29N3O3/c1-3-5-13-24-20(26)17-7-6-15(14-18(17)21(24)27)19(25)23(12-4-2)16-8-10-22-11-9-16/h6-7,14,16,22H,3-5,8-13H2,1-2H3. The molecular weight excluding hydrogens is 342 g/mol. The van der Waals surface area contributed by atoms with Gasteiger partial charge in [-0.25, -0.2) is 0 Å². The van der Waals surface area contributed by atoms with E-state index in [0.29, 0.717) is 29.8 Å². The van der Waals surface area contributed by atoms with Crippen molar-refractivity contribution in [2.75, 3.05) is 26.2 Å². The summed E-state index contributed by atoms with van der Waals surface area (Å²) in [6, 6.07) is 5.18. The predicted octanol–water partition coefficient (Wildman–Crippen LogP) is 2.69. The normalized spacial score (nSPS) is 17.3. The van der Waals surface area contributed by atoms with Gasteiger partial charge in [0, 0.05) is 24.7 Å². The molecule has 2 aliphatic heterocycles. The van der Waals surface area contributed by atoms with E-state index < -0.39 is 0 Å². The number of nitrogens with zero attached hydrogens (tertiary/aromatic N) is 2. The highest BCUT2D eigenvalue weighted by Crippen LogP contribution is 2.26. The van der Waals surface area contributed by atoms with E-state index in [9.17, 15) is 14.4 Å². The van der Waals surface area contributed by atoms with Crippen molar-refractivity contribution in [2.24, 2.45) is 0 Å². The number of amides is 3. The molecule has 146 valence electrons. The Bertz CT molecular complexity index is 725. The fourth-order valence-corrected chi connectivity index (χ4v) is 3.92. The largest absolute Gasteiger partial charge is 0.336 e. The van der Waals surface area contributed by atoms with Gasteiger partial charge in [0.2, 0.25) is 0 Å². The number of carbonyl (C=O) groups is 3. The second-order valence-corrected chi connectivity index (χ2v) is 7.36. The molecule has 2 heterocycles. The second kappa shape index (κ2) is 8.65. The highest BCUT2D eigenvalue weighted by Gasteiger charge is 2.36. The van der Waals surface area contributed by atoms with Crippen molar-refractivity contribution in [3.05, 3.63) is 34.9 Å². The SMILES string of the molecule is CCCCN1C(=O)c2ccc(C(=O)N(CCC)C3CCNCC3)cc2C1=O. The maximum Gasteiger partial charge on any atom is 0.261 e. The third kappa shape index (κ3) is 3.90. The van der Waals surface area contributed by atoms with Crippen molar-refractivity contribution in [1.29, 1.82) is 0 Å². The van der Waals surface area contributed by atoms with E-state index in [1.165, 1.54) is 4.90 Å². The minimum absolute atomic E-state index is 0.0428. The van der Waals surface area contributed by atoms with E-state index in [1.807, 2.05) is 11.8 Å². The molecule has 0 spiro atoms. The monoisotopic (exact) mass is 371 g/mol. The molecule has 3 amide bonds. The van der Waals surface area contributed by atoms with E-state index in [-0.39, 0.29) is 23.8 Å². The van der Waals surface area contributed by atoms with E-state index >= 15 is 0 Å². The maximum absolute atomic E-state index is 13.2. The molecule has 0 bridgehead atoms. The Balaban J connectivity index is 1.84. The van der Waals surface area contributed by atoms with Gasteiger partial charge in [-0.05, 0) is 57.0 Å². The lowest BCUT2D eigenvalue weighted by molar-refractivity contribution is 0.0638. The molecule has 0 unspecified atom stereocenters. The zero-order valence-electron chi connectivity index (χ0n) is 16.3. The summed E-state index contributed by atoms with van der Waals surface area (Å²) in [5.41, 5.74) is 1.28. The van der Waals surface area contributed by atoms with Crippen molar-refractivity contribution >= 4 is 17.7 Å². The Morgan fingerprint density at radius 1 is 1.11 bits per heavy atom. The second-order valence-electron chi connectivity index (χ2n) is 7.36. The van der Waals surface area contributed by atoms with Crippen LogP contribution < -0.4 is 5.32 Å². The molecule has 1 aromatic rings. The van der Waals surface area contributed by atoms with Gasteiger partial charge in [-0.15, -0.1) is 0 Å². The Hall–Kier alpha value is -2.21. The molecule has 1 N–H and O–H groups in total. The number of fused-ring (bicyclic) bond motifs is 1. The van der Waals surface area contributed by atoms with Gasteiger partial charge in [-0.2, -0.15) is 0 Å². The van der Waals surface area contributed by atoms with Gasteiger partial charge in [0.1, 0.15) is 0 Å². The van der Waals surface area contributed by atoms with Gasteiger partial charge in [0.15, 0.2) is 0 Å². The van der Waals surface area contributed by atoms with Crippen LogP contribution in [0.5, 0.6) is 0 Å². The Morgan fingerprint density at radius 3 is 2.48 bits per heavy atom. The molecule has 6 nitrogen and oxygen atoms in total. The average molecular weight is 371 g/mol. The number of hydrogen-bond acceptors (Lipinski definition) is 4. The first-order chi connectivity index (χ1) is 13.1. The molecule has 27 heavy (non-hydrogen) atoms. The smallest absolute Gasteiger partial charge is 0.261 e. The predicted molar refractivity (Wildman–Crippen MR) is 104 cm³/mol. The van der Waals surface area contributed by atoms with Crippen molar-refractivity contribution in [2.45, 2.75) is 52.0 Å². The Kier molecular flexibility index (Phi) is 6.26. The fourth-order valence-electron chi connectivity index (χ4n) is 3.92. The molecule has 6 heteroatoms. The molecule has 2 aliphatic rings. The summed E-state index contributed by atoms with van der Waals surface area (Å²) in [6.45, 7) is 7.07. The van der Waals surface area contributed by atoms with Gasteiger partial charge >= 0.3 is 0 Å². The summed E-state index contributed by atoms with van der Waals surface area (Å²) < 4.78 is 0. The van der Waals surface area contributed by atoms with Crippen molar-refractivity contribution in [1.82, 2.24) is 15.1 Å². The number of hydrogen-bond donors (Lipinski definition) is 1. The lowest BCUT2D eigenvalue weighted by atomic mass is 10.0. The number of rotatable bonds is 7. The molecule has 0 saturated carbocycles.